The maximum absolute atomic E-state index is 11.4. The number of carbonyl (C=O) groups excluding carboxylic acids is 1. The summed E-state index contributed by atoms with van der Waals surface area (Å²) in [6.07, 6.45) is 0.960. The van der Waals surface area contributed by atoms with Gasteiger partial charge in [0.15, 0.2) is 0 Å². The van der Waals surface area contributed by atoms with Gasteiger partial charge >= 0.3 is 5.97 Å². The quantitative estimate of drug-likeness (QED) is 0.471. The van der Waals surface area contributed by atoms with E-state index in [2.05, 4.69) is 5.32 Å². The Hall–Kier alpha value is -0.610. The van der Waals surface area contributed by atoms with Gasteiger partial charge in [-0.3, -0.25) is 4.79 Å². The summed E-state index contributed by atoms with van der Waals surface area (Å²) < 4.78 is 10.2. The molecule has 14 heavy (non-hydrogen) atoms. The number of ether oxygens (including phenoxy) is 2. The lowest BCUT2D eigenvalue weighted by molar-refractivity contribution is -0.147. The zero-order valence-corrected chi connectivity index (χ0v) is 9.34. The minimum Gasteiger partial charge on any atom is -0.465 e. The predicted octanol–water partition coefficient (Wildman–Crippen LogP) is 0.954. The second kappa shape index (κ2) is 8.97. The lowest BCUT2D eigenvalue weighted by Gasteiger charge is -2.15. The van der Waals surface area contributed by atoms with Gasteiger partial charge in [0.25, 0.3) is 0 Å². The summed E-state index contributed by atoms with van der Waals surface area (Å²) in [7, 11) is 0. The summed E-state index contributed by atoms with van der Waals surface area (Å²) in [6.45, 7) is 8.00. The maximum atomic E-state index is 11.4. The zero-order chi connectivity index (χ0) is 10.8. The van der Waals surface area contributed by atoms with Gasteiger partial charge in [-0.15, -0.1) is 0 Å². The molecule has 0 heterocycles. The van der Waals surface area contributed by atoms with Gasteiger partial charge in [-0.2, -0.15) is 0 Å². The van der Waals surface area contributed by atoms with Crippen LogP contribution >= 0.6 is 0 Å². The molecule has 84 valence electrons. The molecule has 0 aliphatic heterocycles. The van der Waals surface area contributed by atoms with Crippen LogP contribution in [0, 0.1) is 0 Å². The van der Waals surface area contributed by atoms with Crippen LogP contribution in [0.1, 0.15) is 27.2 Å². The molecular formula is C10H21NO3. The van der Waals surface area contributed by atoms with E-state index in [1.165, 1.54) is 0 Å². The van der Waals surface area contributed by atoms with Crippen molar-refractivity contribution in [2.75, 3.05) is 26.4 Å². The molecule has 1 atom stereocenters. The van der Waals surface area contributed by atoms with E-state index in [1.807, 2.05) is 13.8 Å². The Kier molecular flexibility index (Phi) is 8.57. The molecule has 0 fully saturated rings. The number of esters is 1. The van der Waals surface area contributed by atoms with Crippen LogP contribution in [-0.4, -0.2) is 38.4 Å². The Bertz CT molecular complexity index is 150. The monoisotopic (exact) mass is 203 g/mol. The van der Waals surface area contributed by atoms with Crippen molar-refractivity contribution >= 4 is 5.97 Å². The molecule has 0 saturated heterocycles. The minimum absolute atomic E-state index is 0.231. The van der Waals surface area contributed by atoms with E-state index in [9.17, 15) is 4.79 Å². The Labute approximate surface area is 86.0 Å². The Morgan fingerprint density at radius 3 is 2.57 bits per heavy atom. The van der Waals surface area contributed by atoms with Crippen molar-refractivity contribution in [3.05, 3.63) is 0 Å². The fourth-order valence-corrected chi connectivity index (χ4v) is 1.05. The fourth-order valence-electron chi connectivity index (χ4n) is 1.05. The SMILES string of the molecule is CCCOCC(NCC)C(=O)OCC. The summed E-state index contributed by atoms with van der Waals surface area (Å²) in [5, 5.41) is 3.03. The fraction of sp³-hybridized carbons (Fsp3) is 0.900. The summed E-state index contributed by atoms with van der Waals surface area (Å²) in [5.74, 6) is -0.231. The molecule has 4 nitrogen and oxygen atoms in total. The first-order valence-corrected chi connectivity index (χ1v) is 5.23. The van der Waals surface area contributed by atoms with Gasteiger partial charge in [0.2, 0.25) is 0 Å². The molecule has 0 spiro atoms. The van der Waals surface area contributed by atoms with E-state index >= 15 is 0 Å². The number of nitrogens with one attached hydrogen (secondary N) is 1. The Morgan fingerprint density at radius 1 is 1.36 bits per heavy atom. The Morgan fingerprint density at radius 2 is 2.07 bits per heavy atom. The highest BCUT2D eigenvalue weighted by Gasteiger charge is 2.18. The lowest BCUT2D eigenvalue weighted by atomic mass is 10.3. The van der Waals surface area contributed by atoms with E-state index in [4.69, 9.17) is 9.47 Å². The van der Waals surface area contributed by atoms with Crippen molar-refractivity contribution in [1.82, 2.24) is 5.32 Å². The molecule has 0 aromatic rings. The number of rotatable bonds is 8. The third kappa shape index (κ3) is 5.94. The third-order valence-corrected chi connectivity index (χ3v) is 1.65. The number of carbonyl (C=O) groups is 1. The van der Waals surface area contributed by atoms with Gasteiger partial charge in [-0.25, -0.2) is 0 Å². The van der Waals surface area contributed by atoms with Gasteiger partial charge in [0.05, 0.1) is 13.2 Å². The van der Waals surface area contributed by atoms with E-state index in [-0.39, 0.29) is 12.0 Å². The predicted molar refractivity (Wildman–Crippen MR) is 55.2 cm³/mol. The van der Waals surface area contributed by atoms with Crippen LogP contribution in [0.5, 0.6) is 0 Å². The lowest BCUT2D eigenvalue weighted by Crippen LogP contribution is -2.41. The maximum Gasteiger partial charge on any atom is 0.325 e. The van der Waals surface area contributed by atoms with Crippen LogP contribution in [0.4, 0.5) is 0 Å². The van der Waals surface area contributed by atoms with Gasteiger partial charge in [0.1, 0.15) is 6.04 Å². The summed E-state index contributed by atoms with van der Waals surface area (Å²) >= 11 is 0. The molecule has 0 aliphatic carbocycles. The van der Waals surface area contributed by atoms with E-state index in [0.717, 1.165) is 13.0 Å². The molecule has 0 aromatic carbocycles. The smallest absolute Gasteiger partial charge is 0.325 e. The van der Waals surface area contributed by atoms with Crippen molar-refractivity contribution in [3.8, 4) is 0 Å². The highest BCUT2D eigenvalue weighted by Crippen LogP contribution is 1.92. The van der Waals surface area contributed by atoms with Crippen LogP contribution in [0.25, 0.3) is 0 Å². The molecule has 1 unspecified atom stereocenters. The first-order valence-electron chi connectivity index (χ1n) is 5.23. The normalized spacial score (nSPS) is 12.5. The van der Waals surface area contributed by atoms with Crippen LogP contribution in [0.2, 0.25) is 0 Å². The third-order valence-electron chi connectivity index (χ3n) is 1.65. The number of hydrogen-bond donors (Lipinski definition) is 1. The average molecular weight is 203 g/mol. The summed E-state index contributed by atoms with van der Waals surface area (Å²) in [5.41, 5.74) is 0. The molecule has 0 saturated carbocycles. The second-order valence-corrected chi connectivity index (χ2v) is 2.94. The zero-order valence-electron chi connectivity index (χ0n) is 9.34. The summed E-state index contributed by atoms with van der Waals surface area (Å²) in [6, 6.07) is -0.327. The van der Waals surface area contributed by atoms with Crippen molar-refractivity contribution in [2.24, 2.45) is 0 Å². The molecule has 0 aromatic heterocycles. The molecule has 1 N–H and O–H groups in total. The van der Waals surface area contributed by atoms with Crippen molar-refractivity contribution in [2.45, 2.75) is 33.2 Å². The summed E-state index contributed by atoms with van der Waals surface area (Å²) in [4.78, 5) is 11.4. The average Bonchev–Trinajstić information content (AvgIpc) is 2.17. The molecule has 0 radical (unpaired) electrons. The topological polar surface area (TPSA) is 47.6 Å². The van der Waals surface area contributed by atoms with Gasteiger partial charge in [-0.05, 0) is 19.9 Å². The van der Waals surface area contributed by atoms with Crippen LogP contribution in [-0.2, 0) is 14.3 Å². The minimum atomic E-state index is -0.327. The molecule has 4 heteroatoms. The largest absolute Gasteiger partial charge is 0.465 e. The molecule has 0 bridgehead atoms. The van der Waals surface area contributed by atoms with Gasteiger partial charge < -0.3 is 14.8 Å². The van der Waals surface area contributed by atoms with Crippen LogP contribution in [0.3, 0.4) is 0 Å². The van der Waals surface area contributed by atoms with E-state index < -0.39 is 0 Å². The van der Waals surface area contributed by atoms with E-state index in [0.29, 0.717) is 19.8 Å². The molecular weight excluding hydrogens is 182 g/mol. The molecule has 0 rings (SSSR count). The number of hydrogen-bond acceptors (Lipinski definition) is 4. The van der Waals surface area contributed by atoms with Crippen LogP contribution < -0.4 is 5.32 Å². The van der Waals surface area contributed by atoms with Gasteiger partial charge in [0, 0.05) is 6.61 Å². The van der Waals surface area contributed by atoms with E-state index in [1.54, 1.807) is 6.92 Å². The van der Waals surface area contributed by atoms with Gasteiger partial charge in [-0.1, -0.05) is 13.8 Å². The highest BCUT2D eigenvalue weighted by atomic mass is 16.5. The van der Waals surface area contributed by atoms with Crippen molar-refractivity contribution in [3.63, 3.8) is 0 Å². The van der Waals surface area contributed by atoms with Crippen molar-refractivity contribution in [1.29, 1.82) is 0 Å². The first-order chi connectivity index (χ1) is 6.76. The second-order valence-electron chi connectivity index (χ2n) is 2.94. The molecule has 0 aliphatic rings. The first kappa shape index (κ1) is 13.4. The Balaban J connectivity index is 3.81. The molecule has 0 amide bonds. The highest BCUT2D eigenvalue weighted by molar-refractivity contribution is 5.75. The van der Waals surface area contributed by atoms with Crippen molar-refractivity contribution < 1.29 is 14.3 Å². The standard InChI is InChI=1S/C10H21NO3/c1-4-7-13-8-9(11-5-2)10(12)14-6-3/h9,11H,4-8H2,1-3H3. The van der Waals surface area contributed by atoms with Crippen LogP contribution in [0.15, 0.2) is 0 Å². The number of likely N-dealkylation sites (N-methyl/N-ethyl adjacent to an activating group) is 1.